The lowest BCUT2D eigenvalue weighted by Crippen LogP contribution is -2.34. The summed E-state index contributed by atoms with van der Waals surface area (Å²) in [5.74, 6) is 0.138. The van der Waals surface area contributed by atoms with Crippen molar-refractivity contribution >= 4 is 23.3 Å². The second-order valence-electron chi connectivity index (χ2n) is 6.47. The molecule has 0 fully saturated rings. The summed E-state index contributed by atoms with van der Waals surface area (Å²) in [6.45, 7) is 7.34. The average Bonchev–Trinajstić information content (AvgIpc) is 2.77. The van der Waals surface area contributed by atoms with Crippen LogP contribution in [-0.4, -0.2) is 50.1 Å². The predicted molar refractivity (Wildman–Crippen MR) is 117 cm³/mol. The van der Waals surface area contributed by atoms with Gasteiger partial charge in [0, 0.05) is 30.5 Å². The van der Waals surface area contributed by atoms with Crippen molar-refractivity contribution in [1.82, 2.24) is 10.2 Å². The first kappa shape index (κ1) is 22.7. The van der Waals surface area contributed by atoms with Gasteiger partial charge in [-0.1, -0.05) is 13.8 Å². The Bertz CT molecular complexity index is 902. The molecule has 0 heterocycles. The smallest absolute Gasteiger partial charge is 0.323 e. The molecule has 30 heavy (non-hydrogen) atoms. The molecule has 8 heteroatoms. The molecule has 0 aliphatic rings. The summed E-state index contributed by atoms with van der Waals surface area (Å²) < 4.78 is 5.33. The molecule has 158 valence electrons. The van der Waals surface area contributed by atoms with Crippen molar-refractivity contribution in [3.05, 3.63) is 53.6 Å². The Balaban J connectivity index is 1.97. The van der Waals surface area contributed by atoms with Gasteiger partial charge in [-0.15, -0.1) is 0 Å². The quantitative estimate of drug-likeness (QED) is 0.589. The van der Waals surface area contributed by atoms with Crippen LogP contribution in [0.1, 0.15) is 29.8 Å². The molecule has 0 atom stereocenters. The van der Waals surface area contributed by atoms with E-state index < -0.39 is 6.03 Å². The molecule has 2 aromatic carbocycles. The molecule has 0 aromatic heterocycles. The summed E-state index contributed by atoms with van der Waals surface area (Å²) in [5, 5.41) is 17.1. The first-order chi connectivity index (χ1) is 14.5. The second kappa shape index (κ2) is 11.4. The van der Waals surface area contributed by atoms with Crippen LogP contribution in [0.4, 0.5) is 16.2 Å². The number of rotatable bonds is 9. The third-order valence-electron chi connectivity index (χ3n) is 4.58. The Labute approximate surface area is 176 Å². The van der Waals surface area contributed by atoms with Crippen molar-refractivity contribution in [2.45, 2.75) is 13.8 Å². The maximum Gasteiger partial charge on any atom is 0.323 e. The number of ether oxygens (including phenoxy) is 1. The highest BCUT2D eigenvalue weighted by Crippen LogP contribution is 2.23. The van der Waals surface area contributed by atoms with Gasteiger partial charge in [0.25, 0.3) is 5.91 Å². The van der Waals surface area contributed by atoms with E-state index in [0.717, 1.165) is 19.6 Å². The molecular formula is C22H27N5O3. The van der Waals surface area contributed by atoms with Gasteiger partial charge in [-0.2, -0.15) is 5.26 Å². The topological polar surface area (TPSA) is 106 Å². The summed E-state index contributed by atoms with van der Waals surface area (Å²) in [6.07, 6.45) is 0. The number of methoxy groups -OCH3 is 1. The number of hydrogen-bond acceptors (Lipinski definition) is 5. The van der Waals surface area contributed by atoms with Crippen LogP contribution < -0.4 is 20.7 Å². The number of nitrogens with one attached hydrogen (secondary N) is 3. The molecule has 3 N–H and O–H groups in total. The minimum Gasteiger partial charge on any atom is -0.496 e. The lowest BCUT2D eigenvalue weighted by Gasteiger charge is -2.18. The van der Waals surface area contributed by atoms with Gasteiger partial charge in [0.1, 0.15) is 5.75 Å². The van der Waals surface area contributed by atoms with Gasteiger partial charge in [0.05, 0.1) is 24.3 Å². The van der Waals surface area contributed by atoms with Gasteiger partial charge in [-0.05, 0) is 49.5 Å². The summed E-state index contributed by atoms with van der Waals surface area (Å²) in [7, 11) is 1.47. The van der Waals surface area contributed by atoms with Crippen molar-refractivity contribution in [3.8, 4) is 11.8 Å². The fourth-order valence-corrected chi connectivity index (χ4v) is 2.84. The molecule has 0 aliphatic carbocycles. The fraction of sp³-hybridized carbons (Fsp3) is 0.318. The van der Waals surface area contributed by atoms with E-state index in [4.69, 9.17) is 10.00 Å². The van der Waals surface area contributed by atoms with Crippen molar-refractivity contribution < 1.29 is 14.3 Å². The van der Waals surface area contributed by atoms with Gasteiger partial charge in [0.15, 0.2) is 0 Å². The number of benzene rings is 2. The number of hydrogen-bond donors (Lipinski definition) is 3. The zero-order valence-corrected chi connectivity index (χ0v) is 17.5. The lowest BCUT2D eigenvalue weighted by atomic mass is 10.1. The van der Waals surface area contributed by atoms with Gasteiger partial charge in [-0.3, -0.25) is 4.79 Å². The Hall–Kier alpha value is -3.57. The summed E-state index contributed by atoms with van der Waals surface area (Å²) >= 11 is 0. The van der Waals surface area contributed by atoms with Crippen molar-refractivity contribution in [3.63, 3.8) is 0 Å². The van der Waals surface area contributed by atoms with E-state index >= 15 is 0 Å². The predicted octanol–water partition coefficient (Wildman–Crippen LogP) is 3.28. The maximum atomic E-state index is 12.5. The number of anilines is 2. The van der Waals surface area contributed by atoms with E-state index in [1.165, 1.54) is 7.11 Å². The number of nitriles is 1. The van der Waals surface area contributed by atoms with Crippen molar-refractivity contribution in [1.29, 1.82) is 5.26 Å². The third kappa shape index (κ3) is 6.50. The highest BCUT2D eigenvalue weighted by molar-refractivity contribution is 6.01. The van der Waals surface area contributed by atoms with Crippen LogP contribution in [0.2, 0.25) is 0 Å². The molecular weight excluding hydrogens is 382 g/mol. The fourth-order valence-electron chi connectivity index (χ4n) is 2.84. The molecule has 0 spiro atoms. The second-order valence-corrected chi connectivity index (χ2v) is 6.47. The van der Waals surface area contributed by atoms with Gasteiger partial charge in [0.2, 0.25) is 0 Å². The van der Waals surface area contributed by atoms with Gasteiger partial charge >= 0.3 is 6.03 Å². The summed E-state index contributed by atoms with van der Waals surface area (Å²) in [6, 6.07) is 12.9. The number of likely N-dealkylation sites (N-methyl/N-ethyl adjacent to an activating group) is 1. The molecule has 0 aliphatic heterocycles. The van der Waals surface area contributed by atoms with Gasteiger partial charge < -0.3 is 25.6 Å². The maximum absolute atomic E-state index is 12.5. The van der Waals surface area contributed by atoms with E-state index in [0.29, 0.717) is 34.8 Å². The highest BCUT2D eigenvalue weighted by atomic mass is 16.5. The normalized spacial score (nSPS) is 10.2. The SMILES string of the molecule is CCN(CC)CCNC(=O)c1ccc(NC(=O)Nc2ccc(C#N)cc2)cc1OC. The first-order valence-electron chi connectivity index (χ1n) is 9.77. The molecule has 3 amide bonds. The molecule has 2 rings (SSSR count). The minimum absolute atomic E-state index is 0.229. The molecule has 0 unspecified atom stereocenters. The minimum atomic E-state index is -0.446. The molecule has 0 saturated heterocycles. The number of amides is 3. The van der Waals surface area contributed by atoms with Crippen molar-refractivity contribution in [2.24, 2.45) is 0 Å². The molecule has 8 nitrogen and oxygen atoms in total. The third-order valence-corrected chi connectivity index (χ3v) is 4.58. The van der Waals surface area contributed by atoms with Crippen LogP contribution >= 0.6 is 0 Å². The van der Waals surface area contributed by atoms with Crippen LogP contribution in [0, 0.1) is 11.3 Å². The number of urea groups is 1. The Morgan fingerprint density at radius 3 is 2.27 bits per heavy atom. The standard InChI is InChI=1S/C22H27N5O3/c1-4-27(5-2)13-12-24-21(28)19-11-10-18(14-20(19)30-3)26-22(29)25-17-8-6-16(15-23)7-9-17/h6-11,14H,4-5,12-13H2,1-3H3,(H,24,28)(H2,25,26,29). The van der Waals surface area contributed by atoms with E-state index in [-0.39, 0.29) is 5.91 Å². The Kier molecular flexibility index (Phi) is 8.66. The number of carbonyl (C=O) groups excluding carboxylic acids is 2. The zero-order chi connectivity index (χ0) is 21.9. The monoisotopic (exact) mass is 409 g/mol. The largest absolute Gasteiger partial charge is 0.496 e. The van der Waals surface area contributed by atoms with Crippen LogP contribution in [0.5, 0.6) is 5.75 Å². The summed E-state index contributed by atoms with van der Waals surface area (Å²) in [4.78, 5) is 26.9. The molecule has 0 bridgehead atoms. The average molecular weight is 409 g/mol. The number of carbonyl (C=O) groups is 2. The molecule has 0 saturated carbocycles. The van der Waals surface area contributed by atoms with Crippen LogP contribution in [0.15, 0.2) is 42.5 Å². The highest BCUT2D eigenvalue weighted by Gasteiger charge is 2.14. The molecule has 0 radical (unpaired) electrons. The Morgan fingerprint density at radius 2 is 1.67 bits per heavy atom. The summed E-state index contributed by atoms with van der Waals surface area (Å²) in [5.41, 5.74) is 1.95. The van der Waals surface area contributed by atoms with E-state index in [2.05, 4.69) is 34.7 Å². The van der Waals surface area contributed by atoms with Crippen LogP contribution in [-0.2, 0) is 0 Å². The van der Waals surface area contributed by atoms with Crippen LogP contribution in [0.3, 0.4) is 0 Å². The van der Waals surface area contributed by atoms with Crippen molar-refractivity contribution in [2.75, 3.05) is 43.9 Å². The van der Waals surface area contributed by atoms with E-state index in [1.54, 1.807) is 42.5 Å². The lowest BCUT2D eigenvalue weighted by molar-refractivity contribution is 0.0946. The zero-order valence-electron chi connectivity index (χ0n) is 17.5. The number of nitrogens with zero attached hydrogens (tertiary/aromatic N) is 2. The van der Waals surface area contributed by atoms with E-state index in [1.807, 2.05) is 6.07 Å². The van der Waals surface area contributed by atoms with E-state index in [9.17, 15) is 9.59 Å². The molecule has 2 aromatic rings. The Morgan fingerprint density at radius 1 is 1.03 bits per heavy atom. The first-order valence-corrected chi connectivity index (χ1v) is 9.77. The van der Waals surface area contributed by atoms with Gasteiger partial charge in [-0.25, -0.2) is 4.79 Å². The van der Waals surface area contributed by atoms with Crippen LogP contribution in [0.25, 0.3) is 0 Å².